The average Bonchev–Trinajstić information content (AvgIpc) is 3.34. The van der Waals surface area contributed by atoms with Crippen molar-refractivity contribution in [2.45, 2.75) is 43.5 Å². The van der Waals surface area contributed by atoms with Crippen molar-refractivity contribution < 1.29 is 37.3 Å². The van der Waals surface area contributed by atoms with Crippen molar-refractivity contribution in [2.24, 2.45) is 5.92 Å². The first-order valence-electron chi connectivity index (χ1n) is 8.65. The second-order valence-corrected chi connectivity index (χ2v) is 6.99. The summed E-state index contributed by atoms with van der Waals surface area (Å²) < 4.78 is 47.0. The molecule has 1 aliphatic carbocycles. The van der Waals surface area contributed by atoms with Gasteiger partial charge in [-0.05, 0) is 36.8 Å². The van der Waals surface area contributed by atoms with E-state index in [1.165, 1.54) is 18.2 Å². The van der Waals surface area contributed by atoms with Crippen molar-refractivity contribution in [3.05, 3.63) is 29.8 Å². The lowest BCUT2D eigenvalue weighted by atomic mass is 9.86. The fourth-order valence-electron chi connectivity index (χ4n) is 3.58. The maximum Gasteiger partial charge on any atom is 0.573 e. The molecule has 1 aromatic rings. The number of halogens is 3. The molecule has 1 saturated heterocycles. The summed E-state index contributed by atoms with van der Waals surface area (Å²) in [4.78, 5) is 23.8. The molecule has 1 amide bonds. The number of benzene rings is 1. The van der Waals surface area contributed by atoms with E-state index in [2.05, 4.69) is 10.1 Å². The molecule has 6 nitrogen and oxygen atoms in total. The van der Waals surface area contributed by atoms with Crippen molar-refractivity contribution in [1.82, 2.24) is 5.32 Å². The van der Waals surface area contributed by atoms with Crippen LogP contribution in [0.15, 0.2) is 24.3 Å². The van der Waals surface area contributed by atoms with Gasteiger partial charge in [-0.25, -0.2) is 0 Å². The van der Waals surface area contributed by atoms with Crippen molar-refractivity contribution in [1.29, 1.82) is 0 Å². The number of para-hydroxylation sites is 1. The fraction of sp³-hybridized carbons (Fsp3) is 0.556. The summed E-state index contributed by atoms with van der Waals surface area (Å²) in [5.74, 6) is -2.56. The number of alkyl halides is 3. The van der Waals surface area contributed by atoms with Crippen LogP contribution in [0, 0.1) is 5.92 Å². The first-order valence-corrected chi connectivity index (χ1v) is 8.65. The van der Waals surface area contributed by atoms with Crippen LogP contribution in [-0.4, -0.2) is 42.1 Å². The number of carboxylic acids is 1. The second-order valence-electron chi connectivity index (χ2n) is 6.99. The lowest BCUT2D eigenvalue weighted by Crippen LogP contribution is -2.53. The zero-order valence-corrected chi connectivity index (χ0v) is 14.4. The fourth-order valence-corrected chi connectivity index (χ4v) is 3.58. The van der Waals surface area contributed by atoms with Gasteiger partial charge in [0.2, 0.25) is 5.91 Å². The van der Waals surface area contributed by atoms with Gasteiger partial charge in [-0.15, -0.1) is 13.2 Å². The van der Waals surface area contributed by atoms with E-state index in [9.17, 15) is 22.8 Å². The van der Waals surface area contributed by atoms with Crippen molar-refractivity contribution in [3.63, 3.8) is 0 Å². The summed E-state index contributed by atoms with van der Waals surface area (Å²) in [6, 6.07) is 5.77. The van der Waals surface area contributed by atoms with Crippen LogP contribution in [0.5, 0.6) is 5.75 Å². The third-order valence-electron chi connectivity index (χ3n) is 5.00. The number of nitrogens with one attached hydrogen (secondary N) is 1. The van der Waals surface area contributed by atoms with Gasteiger partial charge >= 0.3 is 12.3 Å². The number of amides is 1. The Bertz CT molecular complexity index is 715. The average molecular weight is 387 g/mol. The van der Waals surface area contributed by atoms with Crippen molar-refractivity contribution in [3.8, 4) is 5.75 Å². The first-order chi connectivity index (χ1) is 12.7. The summed E-state index contributed by atoms with van der Waals surface area (Å²) in [6.45, 7) is 0.702. The molecular weight excluding hydrogens is 367 g/mol. The molecule has 1 aromatic carbocycles. The van der Waals surface area contributed by atoms with E-state index >= 15 is 0 Å². The Hall–Kier alpha value is -2.29. The van der Waals surface area contributed by atoms with E-state index in [4.69, 9.17) is 9.84 Å². The smallest absolute Gasteiger partial charge is 0.481 e. The molecule has 0 radical (unpaired) electrons. The van der Waals surface area contributed by atoms with E-state index < -0.39 is 23.8 Å². The van der Waals surface area contributed by atoms with E-state index in [-0.39, 0.29) is 24.0 Å². The molecule has 2 fully saturated rings. The monoisotopic (exact) mass is 387 g/mol. The van der Waals surface area contributed by atoms with E-state index in [1.54, 1.807) is 6.07 Å². The van der Waals surface area contributed by atoms with Gasteiger partial charge in [0, 0.05) is 19.1 Å². The van der Waals surface area contributed by atoms with Gasteiger partial charge < -0.3 is 19.9 Å². The molecule has 2 aliphatic rings. The minimum atomic E-state index is -4.81. The number of carbonyl (C=O) groups excluding carboxylic acids is 1. The molecule has 2 atom stereocenters. The number of hydrogen-bond donors (Lipinski definition) is 2. The zero-order chi connectivity index (χ0) is 19.7. The lowest BCUT2D eigenvalue weighted by molar-refractivity contribution is -0.274. The Kier molecular flexibility index (Phi) is 5.32. The van der Waals surface area contributed by atoms with E-state index in [0.717, 1.165) is 0 Å². The van der Waals surface area contributed by atoms with Gasteiger partial charge in [-0.3, -0.25) is 9.59 Å². The van der Waals surface area contributed by atoms with Crippen molar-refractivity contribution >= 4 is 11.9 Å². The SMILES string of the molecule is O=C(O)CC1(NC(=O)C2CC2c2ccccc2OC(F)(F)F)CCOCC1. The highest BCUT2D eigenvalue weighted by molar-refractivity contribution is 5.84. The highest BCUT2D eigenvalue weighted by atomic mass is 19.4. The van der Waals surface area contributed by atoms with Gasteiger partial charge in [0.1, 0.15) is 5.75 Å². The summed E-state index contributed by atoms with van der Waals surface area (Å²) in [5, 5.41) is 12.0. The third-order valence-corrected chi connectivity index (χ3v) is 5.00. The molecule has 1 aliphatic heterocycles. The first kappa shape index (κ1) is 19.5. The van der Waals surface area contributed by atoms with E-state index in [0.29, 0.717) is 38.0 Å². The molecule has 1 heterocycles. The molecule has 9 heteroatoms. The predicted molar refractivity (Wildman–Crippen MR) is 87.2 cm³/mol. The van der Waals surface area contributed by atoms with Crippen LogP contribution in [0.1, 0.15) is 37.2 Å². The standard InChI is InChI=1S/C18H20F3NO5/c19-18(20,21)27-14-4-2-1-3-11(14)12-9-13(12)16(25)22-17(10-15(23)24)5-7-26-8-6-17/h1-4,12-13H,5-10H2,(H,22,25)(H,23,24). The van der Waals surface area contributed by atoms with Crippen LogP contribution >= 0.6 is 0 Å². The Balaban J connectivity index is 1.69. The highest BCUT2D eigenvalue weighted by Gasteiger charge is 2.48. The van der Waals surface area contributed by atoms with Crippen molar-refractivity contribution in [2.75, 3.05) is 13.2 Å². The molecule has 2 N–H and O–H groups in total. The number of aliphatic carboxylic acids is 1. The van der Waals surface area contributed by atoms with Gasteiger partial charge in [-0.2, -0.15) is 0 Å². The largest absolute Gasteiger partial charge is 0.573 e. The van der Waals surface area contributed by atoms with Crippen LogP contribution < -0.4 is 10.1 Å². The molecule has 148 valence electrons. The third kappa shape index (κ3) is 4.91. The minimum absolute atomic E-state index is 0.215. The molecule has 2 unspecified atom stereocenters. The predicted octanol–water partition coefficient (Wildman–Crippen LogP) is 2.83. The number of hydrogen-bond acceptors (Lipinski definition) is 4. The summed E-state index contributed by atoms with van der Waals surface area (Å²) in [6.07, 6.45) is -3.86. The molecule has 27 heavy (non-hydrogen) atoms. The summed E-state index contributed by atoms with van der Waals surface area (Å²) >= 11 is 0. The number of rotatable bonds is 6. The van der Waals surface area contributed by atoms with Crippen LogP contribution in [0.25, 0.3) is 0 Å². The normalized spacial score (nSPS) is 24.1. The molecular formula is C18H20F3NO5. The topological polar surface area (TPSA) is 84.9 Å². The molecule has 0 bridgehead atoms. The van der Waals surface area contributed by atoms with Gasteiger partial charge in [-0.1, -0.05) is 18.2 Å². The number of ether oxygens (including phenoxy) is 2. The molecule has 3 rings (SSSR count). The number of carboxylic acid groups (broad SMARTS) is 1. The molecule has 0 spiro atoms. The number of carbonyl (C=O) groups is 2. The second kappa shape index (κ2) is 7.38. The Morgan fingerprint density at radius 1 is 1.26 bits per heavy atom. The summed E-state index contributed by atoms with van der Waals surface area (Å²) in [7, 11) is 0. The zero-order valence-electron chi connectivity index (χ0n) is 14.4. The van der Waals surface area contributed by atoms with Crippen LogP contribution in [0.4, 0.5) is 13.2 Å². The van der Waals surface area contributed by atoms with Gasteiger partial charge in [0.25, 0.3) is 0 Å². The minimum Gasteiger partial charge on any atom is -0.481 e. The van der Waals surface area contributed by atoms with Gasteiger partial charge in [0.05, 0.1) is 12.0 Å². The molecule has 0 aromatic heterocycles. The quantitative estimate of drug-likeness (QED) is 0.784. The maximum atomic E-state index is 12.6. The lowest BCUT2D eigenvalue weighted by Gasteiger charge is -2.37. The highest BCUT2D eigenvalue weighted by Crippen LogP contribution is 2.51. The Morgan fingerprint density at radius 2 is 1.93 bits per heavy atom. The van der Waals surface area contributed by atoms with Crippen LogP contribution in [0.3, 0.4) is 0 Å². The van der Waals surface area contributed by atoms with E-state index in [1.807, 2.05) is 0 Å². The molecule has 1 saturated carbocycles. The van der Waals surface area contributed by atoms with Crippen LogP contribution in [-0.2, 0) is 14.3 Å². The maximum absolute atomic E-state index is 12.6. The van der Waals surface area contributed by atoms with Gasteiger partial charge in [0.15, 0.2) is 0 Å². The Labute approximate surface area is 153 Å². The Morgan fingerprint density at radius 3 is 2.56 bits per heavy atom. The van der Waals surface area contributed by atoms with Crippen LogP contribution in [0.2, 0.25) is 0 Å². The summed E-state index contributed by atoms with van der Waals surface area (Å²) in [5.41, 5.74) is -0.551.